The van der Waals surface area contributed by atoms with Gasteiger partial charge < -0.3 is 50.0 Å². The van der Waals surface area contributed by atoms with Crippen LogP contribution in [0.2, 0.25) is 0 Å². The molecule has 4 aliphatic heterocycles. The summed E-state index contributed by atoms with van der Waals surface area (Å²) in [5.41, 5.74) is 1.82. The minimum Gasteiger partial charge on any atom is -0.465 e. The zero-order valence-corrected chi connectivity index (χ0v) is 44.2. The Bertz CT molecular complexity index is 3170. The molecule has 0 aliphatic carbocycles. The van der Waals surface area contributed by atoms with Crippen LogP contribution in [0.25, 0.3) is 22.1 Å². The number of amides is 4. The molecule has 5 N–H and O–H groups in total. The Morgan fingerprint density at radius 3 is 1.62 bits per heavy atom. The quantitative estimate of drug-likeness (QED) is 0.0696. The molecule has 6 aromatic rings. The number of methoxy groups -OCH3 is 1. The number of benzene rings is 3. The van der Waals surface area contributed by atoms with Crippen molar-refractivity contribution in [2.75, 3.05) is 43.1 Å². The number of halogens is 4. The topological polar surface area (TPSA) is 192 Å². The average molecular weight is 1070 g/mol. The van der Waals surface area contributed by atoms with E-state index in [1.807, 2.05) is 13.8 Å². The van der Waals surface area contributed by atoms with Crippen molar-refractivity contribution >= 4 is 68.8 Å². The molecule has 0 spiro atoms. The number of carbonyl (C=O) groups excluding carboxylic acids is 3. The van der Waals surface area contributed by atoms with Crippen LogP contribution < -0.4 is 20.4 Å². The van der Waals surface area contributed by atoms with Crippen molar-refractivity contribution in [3.63, 3.8) is 0 Å². The minimum absolute atomic E-state index is 0.0972. The van der Waals surface area contributed by atoms with Crippen molar-refractivity contribution in [2.24, 2.45) is 11.8 Å². The number of fused-ring (bicyclic) bond motifs is 2. The van der Waals surface area contributed by atoms with E-state index >= 15 is 17.6 Å². The second kappa shape index (κ2) is 21.3. The van der Waals surface area contributed by atoms with Gasteiger partial charge in [-0.15, -0.1) is 11.3 Å². The van der Waals surface area contributed by atoms with Crippen LogP contribution in [0.4, 0.5) is 38.5 Å². The molecule has 404 valence electrons. The molecule has 10 rings (SSSR count). The van der Waals surface area contributed by atoms with Gasteiger partial charge in [0.25, 0.3) is 0 Å². The molecule has 6 atom stereocenters. The van der Waals surface area contributed by atoms with Crippen molar-refractivity contribution in [2.45, 2.75) is 128 Å². The maximum atomic E-state index is 16.9. The van der Waals surface area contributed by atoms with E-state index < -0.39 is 71.7 Å². The third kappa shape index (κ3) is 10.0. The van der Waals surface area contributed by atoms with E-state index in [0.29, 0.717) is 80.1 Å². The number of piperidine rings is 1. The molecule has 0 radical (unpaired) electrons. The molecule has 21 heteroatoms. The smallest absolute Gasteiger partial charge is 0.407 e. The number of nitrogens with zero attached hydrogens (tertiary/aromatic N) is 6. The van der Waals surface area contributed by atoms with Gasteiger partial charge in [-0.25, -0.2) is 37.1 Å². The number of rotatable bonds is 13. The lowest BCUT2D eigenvalue weighted by Crippen LogP contribution is -2.51. The number of aromatic amines is 2. The highest BCUT2D eigenvalue weighted by Gasteiger charge is 2.42. The normalized spacial score (nSPS) is 21.2. The summed E-state index contributed by atoms with van der Waals surface area (Å²) in [4.78, 5) is 76.9. The van der Waals surface area contributed by atoms with Crippen molar-refractivity contribution in [1.29, 1.82) is 0 Å². The van der Waals surface area contributed by atoms with Gasteiger partial charge in [-0.1, -0.05) is 27.7 Å². The predicted octanol–water partition coefficient (Wildman–Crippen LogP) is 10.8. The Morgan fingerprint density at radius 1 is 0.671 bits per heavy atom. The molecule has 4 fully saturated rings. The number of carbonyl (C=O) groups is 4. The molecule has 16 nitrogen and oxygen atoms in total. The lowest BCUT2D eigenvalue weighted by atomic mass is 9.94. The van der Waals surface area contributed by atoms with Crippen LogP contribution in [0.15, 0.2) is 48.5 Å². The second-order valence-electron chi connectivity index (χ2n) is 21.4. The van der Waals surface area contributed by atoms with Gasteiger partial charge in [0.2, 0.25) is 11.8 Å². The average Bonchev–Trinajstić information content (AvgIpc) is 4.26. The van der Waals surface area contributed by atoms with Gasteiger partial charge in [0, 0.05) is 64.9 Å². The van der Waals surface area contributed by atoms with Crippen LogP contribution in [-0.4, -0.2) is 104 Å². The first-order valence-corrected chi connectivity index (χ1v) is 27.1. The monoisotopic (exact) mass is 1070 g/mol. The lowest BCUT2D eigenvalue weighted by Gasteiger charge is -2.36. The van der Waals surface area contributed by atoms with Gasteiger partial charge in [-0.3, -0.25) is 9.59 Å². The summed E-state index contributed by atoms with van der Waals surface area (Å²) in [6.07, 6.45) is 2.33. The Kier molecular flexibility index (Phi) is 14.7. The second-order valence-corrected chi connectivity index (χ2v) is 22.7. The number of likely N-dealkylation sites (tertiary alicyclic amines) is 2. The molecule has 0 unspecified atom stereocenters. The molecule has 7 heterocycles. The number of thiophene rings is 1. The number of H-pyrrole nitrogens is 2. The van der Waals surface area contributed by atoms with E-state index in [-0.39, 0.29) is 70.4 Å². The molecule has 0 saturated carbocycles. The number of hydrogen-bond donors (Lipinski definition) is 5. The highest BCUT2D eigenvalue weighted by atomic mass is 32.1. The molecule has 3 aromatic heterocycles. The van der Waals surface area contributed by atoms with E-state index in [9.17, 15) is 24.3 Å². The van der Waals surface area contributed by atoms with Gasteiger partial charge in [-0.2, -0.15) is 0 Å². The number of aryl methyl sites for hydroxylation is 1. The Morgan fingerprint density at radius 2 is 1.17 bits per heavy atom. The highest BCUT2D eigenvalue weighted by Crippen LogP contribution is 2.50. The van der Waals surface area contributed by atoms with Crippen molar-refractivity contribution < 1.29 is 46.6 Å². The van der Waals surface area contributed by atoms with Gasteiger partial charge >= 0.3 is 12.2 Å². The van der Waals surface area contributed by atoms with Crippen LogP contribution in [0, 0.1) is 42.0 Å². The largest absolute Gasteiger partial charge is 0.465 e. The Balaban J connectivity index is 0.997. The van der Waals surface area contributed by atoms with E-state index in [4.69, 9.17) is 14.7 Å². The summed E-state index contributed by atoms with van der Waals surface area (Å²) in [7, 11) is 1.23. The lowest BCUT2D eigenvalue weighted by molar-refractivity contribution is -0.136. The number of nitrogens with one attached hydrogen (secondary N) is 4. The maximum absolute atomic E-state index is 16.9. The van der Waals surface area contributed by atoms with E-state index in [0.717, 1.165) is 12.8 Å². The number of alkyl carbamates (subject to hydrolysis) is 1. The number of aromatic nitrogens is 4. The van der Waals surface area contributed by atoms with E-state index in [1.54, 1.807) is 56.9 Å². The molecule has 4 amide bonds. The van der Waals surface area contributed by atoms with Crippen molar-refractivity contribution in [3.8, 4) is 0 Å². The first-order valence-electron chi connectivity index (χ1n) is 26.3. The van der Waals surface area contributed by atoms with Crippen LogP contribution in [0.1, 0.15) is 142 Å². The number of carboxylic acid groups (broad SMARTS) is 1. The van der Waals surface area contributed by atoms with Gasteiger partial charge in [-0.05, 0) is 112 Å². The van der Waals surface area contributed by atoms with Crippen LogP contribution in [-0.2, 0) is 14.3 Å². The number of ether oxygens (including phenoxy) is 1. The molecule has 76 heavy (non-hydrogen) atoms. The summed E-state index contributed by atoms with van der Waals surface area (Å²) in [5, 5.41) is 14.5. The van der Waals surface area contributed by atoms with Crippen LogP contribution in [0.3, 0.4) is 0 Å². The van der Waals surface area contributed by atoms with Gasteiger partial charge in [0.15, 0.2) is 11.6 Å². The first kappa shape index (κ1) is 52.5. The zero-order valence-electron chi connectivity index (χ0n) is 43.4. The number of hydrogen-bond acceptors (Lipinski definition) is 10. The van der Waals surface area contributed by atoms with Gasteiger partial charge in [0.1, 0.15) is 41.1 Å². The predicted molar refractivity (Wildman–Crippen MR) is 280 cm³/mol. The summed E-state index contributed by atoms with van der Waals surface area (Å²) >= 11 is 1.74. The molecule has 4 saturated heterocycles. The third-order valence-electron chi connectivity index (χ3n) is 15.9. The van der Waals surface area contributed by atoms with Crippen molar-refractivity contribution in [3.05, 3.63) is 104 Å². The van der Waals surface area contributed by atoms with Gasteiger partial charge in [0.05, 0.1) is 53.3 Å². The minimum atomic E-state index is -1.31. The molecule has 4 aliphatic rings. The fourth-order valence-electron chi connectivity index (χ4n) is 12.1. The maximum Gasteiger partial charge on any atom is 0.407 e. The third-order valence-corrected chi connectivity index (χ3v) is 17.1. The van der Waals surface area contributed by atoms with E-state index in [1.165, 1.54) is 41.1 Å². The molecular weight excluding hydrogens is 1000 g/mol. The number of imidazole rings is 2. The summed E-state index contributed by atoms with van der Waals surface area (Å²) in [6.45, 7) is 10.9. The van der Waals surface area contributed by atoms with Crippen LogP contribution in [0.5, 0.6) is 0 Å². The van der Waals surface area contributed by atoms with E-state index in [2.05, 4.69) is 39.7 Å². The van der Waals surface area contributed by atoms with Crippen molar-refractivity contribution in [1.82, 2.24) is 40.4 Å². The molecule has 3 aromatic carbocycles. The Hall–Kier alpha value is -6.90. The fraction of sp³-hybridized carbons (Fsp3) is 0.491. The highest BCUT2D eigenvalue weighted by molar-refractivity contribution is 7.12. The standard InChI is InChI=1S/C55H64F4N10O6S/c1-27(2)47(64-54(72)73)52(70)67-17-7-9-44(67)50-60-38-23-32(34(56)25-40(38)62-50)42-12-13-43(69(42)31-21-36(58)49(37(59)22-31)66-19-15-30(16-20-66)46-14-11-29(5)76-46)33-24-39-41(26-35(33)57)63-51(61-39)45-10-8-18-68(45)53(71)48(28(3)4)65-55(74)75-6/h11,14,21-28,30,42-45,47-48,64H,7-10,12-13,15-20H2,1-6H3,(H,60,62)(H,61,63)(H,65,74)(H,72,73)/t42-,43-,44+,45+,47+,48+/m1/s1. The molecular formula is C55H64F4N10O6S. The summed E-state index contributed by atoms with van der Waals surface area (Å²) in [5.74, 6) is -3.01. The fourth-order valence-corrected chi connectivity index (χ4v) is 13.2. The zero-order chi connectivity index (χ0) is 53.9. The summed E-state index contributed by atoms with van der Waals surface area (Å²) in [6, 6.07) is 7.97. The SMILES string of the molecule is COC(=O)N[C@H](C(=O)N1CCC[C@H]1c1nc2cc(F)c([C@H]3CC[C@H](c4cc5[nH]c([C@@H]6CCCN6C(=O)[C@@H](NC(=O)O)C(C)C)nc5cc4F)N3c3cc(F)c(N4CCC(c5ccc(C)s5)CC4)c(F)c3)cc2[nH]1)C(C)C. The van der Waals surface area contributed by atoms with Crippen LogP contribution >= 0.6 is 11.3 Å². The number of anilines is 2. The molecule has 0 bridgehead atoms. The first-order chi connectivity index (χ1) is 36.4. The summed E-state index contributed by atoms with van der Waals surface area (Å²) < 4.78 is 72.3. The Labute approximate surface area is 441 Å².